The van der Waals surface area contributed by atoms with Crippen LogP contribution in [0.2, 0.25) is 0 Å². The highest BCUT2D eigenvalue weighted by Crippen LogP contribution is 2.53. The van der Waals surface area contributed by atoms with Crippen LogP contribution in [0.25, 0.3) is 22.2 Å². The van der Waals surface area contributed by atoms with E-state index in [9.17, 15) is 38.7 Å². The predicted octanol–water partition coefficient (Wildman–Crippen LogP) is -2.38. The molecule has 7 heterocycles. The van der Waals surface area contributed by atoms with Crippen LogP contribution in [0.3, 0.4) is 0 Å². The largest absolute Gasteiger partial charge is 0.472 e. The van der Waals surface area contributed by atoms with Gasteiger partial charge in [0.05, 0.1) is 24.9 Å². The fourth-order valence-corrected chi connectivity index (χ4v) is 7.36. The smallest absolute Gasteiger partial charge is 0.387 e. The Morgan fingerprint density at radius 2 is 1.51 bits per heavy atom. The van der Waals surface area contributed by atoms with Gasteiger partial charge in [0.2, 0.25) is 5.95 Å². The summed E-state index contributed by atoms with van der Waals surface area (Å²) in [6, 6.07) is 2.70. The number of anilines is 2. The number of nitrogens with one attached hydrogen (secondary N) is 1. The quantitative estimate of drug-likeness (QED) is 0.107. The number of phosphoric ester groups is 2. The molecule has 3 aliphatic rings. The van der Waals surface area contributed by atoms with Gasteiger partial charge in [0.1, 0.15) is 48.8 Å². The number of H-pyrrole nitrogens is 1. The van der Waals surface area contributed by atoms with Gasteiger partial charge in [-0.3, -0.25) is 41.8 Å². The van der Waals surface area contributed by atoms with E-state index in [1.807, 2.05) is 0 Å². The average Bonchev–Trinajstić information content (AvgIpc) is 3.64. The van der Waals surface area contributed by atoms with Gasteiger partial charge in [-0.05, 0) is 12.1 Å². The van der Waals surface area contributed by atoms with Gasteiger partial charge < -0.3 is 40.9 Å². The molecule has 252 valence electrons. The molecule has 4 aromatic heterocycles. The van der Waals surface area contributed by atoms with E-state index in [0.717, 1.165) is 21.8 Å². The number of aromatic nitrogens is 7. The number of fused-ring (bicyclic) bond motifs is 5. The lowest BCUT2D eigenvalue weighted by molar-refractivity contribution is -0.0681. The molecule has 0 aromatic carbocycles. The number of imidazole rings is 1. The Hall–Kier alpha value is -3.70. The minimum Gasteiger partial charge on any atom is -0.387 e. The molecule has 25 heteroatoms. The van der Waals surface area contributed by atoms with Gasteiger partial charge in [-0.1, -0.05) is 0 Å². The number of hydrogen-bond donors (Lipinski definition) is 7. The van der Waals surface area contributed by atoms with Crippen molar-refractivity contribution in [3.05, 3.63) is 45.5 Å². The molecule has 3 saturated heterocycles. The fraction of sp³-hybridized carbons (Fsp3) is 0.455. The SMILES string of the molecule is Nc1ccc2c(=O)n([C@@H]3O[C@@H]4COP(=O)(O)O[C@@H]5[C@H](O)[C@@H](COP(=O)(O)O[C@H]4[C@H]3O)O[C@H]5n3cnc4c(=O)[nH]c(N)nc43)cnc2n1. The number of phosphoric acid groups is 2. The van der Waals surface area contributed by atoms with E-state index in [4.69, 9.17) is 39.0 Å². The highest BCUT2D eigenvalue weighted by molar-refractivity contribution is 7.47. The lowest BCUT2D eigenvalue weighted by Crippen LogP contribution is -2.37. The molecule has 47 heavy (non-hydrogen) atoms. The lowest BCUT2D eigenvalue weighted by atomic mass is 10.1. The summed E-state index contributed by atoms with van der Waals surface area (Å²) in [5, 5.41) is 22.1. The molecule has 4 aromatic rings. The van der Waals surface area contributed by atoms with Gasteiger partial charge in [-0.15, -0.1) is 0 Å². The predicted molar refractivity (Wildman–Crippen MR) is 152 cm³/mol. The summed E-state index contributed by atoms with van der Waals surface area (Å²) < 4.78 is 60.4. The molecule has 0 saturated carbocycles. The third-order valence-electron chi connectivity index (χ3n) is 7.60. The highest BCUT2D eigenvalue weighted by atomic mass is 31.2. The first-order valence-electron chi connectivity index (χ1n) is 13.6. The molecule has 2 unspecified atom stereocenters. The first-order valence-corrected chi connectivity index (χ1v) is 16.5. The van der Waals surface area contributed by atoms with Crippen LogP contribution in [0.15, 0.2) is 34.4 Å². The highest BCUT2D eigenvalue weighted by Gasteiger charge is 2.54. The summed E-state index contributed by atoms with van der Waals surface area (Å²) in [5.41, 5.74) is 9.50. The molecule has 0 spiro atoms. The van der Waals surface area contributed by atoms with Gasteiger partial charge in [0.25, 0.3) is 11.1 Å². The Bertz CT molecular complexity index is 2090. The van der Waals surface area contributed by atoms with Crippen LogP contribution in [0, 0.1) is 0 Å². The number of aromatic amines is 1. The number of ether oxygens (including phenoxy) is 2. The molecule has 3 fully saturated rings. The maximum Gasteiger partial charge on any atom is 0.472 e. The summed E-state index contributed by atoms with van der Waals surface area (Å²) >= 11 is 0. The summed E-state index contributed by atoms with van der Waals surface area (Å²) in [7, 11) is -10.3. The molecule has 10 atom stereocenters. The maximum absolute atomic E-state index is 13.2. The monoisotopic (exact) mass is 701 g/mol. The molecule has 0 aliphatic carbocycles. The number of rotatable bonds is 2. The molecule has 23 nitrogen and oxygen atoms in total. The van der Waals surface area contributed by atoms with Crippen LogP contribution in [0.5, 0.6) is 0 Å². The lowest BCUT2D eigenvalue weighted by Gasteiger charge is -2.25. The van der Waals surface area contributed by atoms with Crippen LogP contribution in [0.4, 0.5) is 11.8 Å². The molecule has 9 N–H and O–H groups in total. The summed E-state index contributed by atoms with van der Waals surface area (Å²) in [5.74, 6) is -0.202. The zero-order valence-corrected chi connectivity index (χ0v) is 25.2. The van der Waals surface area contributed by atoms with E-state index in [1.165, 1.54) is 12.1 Å². The molecule has 2 bridgehead atoms. The molecule has 3 aliphatic heterocycles. The number of aliphatic hydroxyl groups is 2. The summed E-state index contributed by atoms with van der Waals surface area (Å²) in [6.07, 6.45) is -11.4. The summed E-state index contributed by atoms with van der Waals surface area (Å²) in [4.78, 5) is 65.0. The second-order valence-electron chi connectivity index (χ2n) is 10.6. The number of aliphatic hydroxyl groups excluding tert-OH is 2. The van der Waals surface area contributed by atoms with Crippen molar-refractivity contribution in [3.63, 3.8) is 0 Å². The van der Waals surface area contributed by atoms with E-state index in [1.54, 1.807) is 0 Å². The molecular weight excluding hydrogens is 676 g/mol. The van der Waals surface area contributed by atoms with Gasteiger partial charge in [-0.25, -0.2) is 24.1 Å². The maximum atomic E-state index is 13.2. The molecule has 7 rings (SSSR count). The molecule has 0 radical (unpaired) electrons. The average molecular weight is 701 g/mol. The number of nitrogens with two attached hydrogens (primary N) is 2. The van der Waals surface area contributed by atoms with E-state index in [-0.39, 0.29) is 34.0 Å². The third kappa shape index (κ3) is 5.75. The Morgan fingerprint density at radius 1 is 0.851 bits per heavy atom. The van der Waals surface area contributed by atoms with Crippen molar-refractivity contribution < 1.29 is 56.7 Å². The number of nitrogens with zero attached hydrogens (tertiary/aromatic N) is 6. The van der Waals surface area contributed by atoms with Gasteiger partial charge in [-0.2, -0.15) is 4.98 Å². The zero-order valence-electron chi connectivity index (χ0n) is 23.4. The molecular formula is C22H25N9O14P2. The minimum atomic E-state index is -5.17. The number of hydrogen-bond acceptors (Lipinski definition) is 18. The van der Waals surface area contributed by atoms with Gasteiger partial charge >= 0.3 is 15.6 Å². The Morgan fingerprint density at radius 3 is 2.26 bits per heavy atom. The topological polar surface area (TPSA) is 334 Å². The Labute approximate surface area is 259 Å². The molecule has 0 amide bonds. The standard InChI is InChI=1S/C22H25N9O14P2/c23-10-2-1-7-16(27-10)26-6-31(19(7)35)20-13(33)14-9(43-20)4-41-47(38,39)45-15-12(32)8(3-40-46(36,37)44-14)42-21(15)30-5-25-11-17(30)28-22(24)29-18(11)34/h1-2,5-6,8-9,12-15,20-21,32-33H,3-4H2,(H2,23,27)(H,36,37)(H,38,39)(H3,24,28,29,34)/t8-,9-,12-,13-,14-,15-,20-,21-/m1/s1. The number of pyridine rings is 1. The first kappa shape index (κ1) is 31.9. The van der Waals surface area contributed by atoms with Crippen LogP contribution >= 0.6 is 15.6 Å². The second-order valence-corrected chi connectivity index (χ2v) is 13.4. The minimum absolute atomic E-state index is 0.000384. The van der Waals surface area contributed by atoms with Crippen molar-refractivity contribution in [3.8, 4) is 0 Å². The van der Waals surface area contributed by atoms with E-state index < -0.39 is 89.1 Å². The van der Waals surface area contributed by atoms with Crippen LogP contribution < -0.4 is 22.6 Å². The van der Waals surface area contributed by atoms with E-state index in [2.05, 4.69) is 24.9 Å². The normalized spacial score (nSPS) is 36.5. The number of nitrogen functional groups attached to an aromatic ring is 2. The van der Waals surface area contributed by atoms with Crippen molar-refractivity contribution in [2.45, 2.75) is 49.1 Å². The van der Waals surface area contributed by atoms with E-state index in [0.29, 0.717) is 0 Å². The Kier molecular flexibility index (Phi) is 7.78. The van der Waals surface area contributed by atoms with Crippen LogP contribution in [-0.4, -0.2) is 104 Å². The van der Waals surface area contributed by atoms with Crippen molar-refractivity contribution in [1.29, 1.82) is 0 Å². The zero-order chi connectivity index (χ0) is 33.4. The van der Waals surface area contributed by atoms with Crippen molar-refractivity contribution in [2.75, 3.05) is 24.7 Å². The van der Waals surface area contributed by atoms with Gasteiger partial charge in [0.15, 0.2) is 29.3 Å². The summed E-state index contributed by atoms with van der Waals surface area (Å²) in [6.45, 7) is -1.77. The van der Waals surface area contributed by atoms with Crippen molar-refractivity contribution >= 4 is 49.6 Å². The second kappa shape index (κ2) is 11.5. The van der Waals surface area contributed by atoms with Gasteiger partial charge in [0, 0.05) is 0 Å². The Balaban J connectivity index is 1.21. The van der Waals surface area contributed by atoms with E-state index >= 15 is 0 Å². The fourth-order valence-electron chi connectivity index (χ4n) is 5.46. The first-order chi connectivity index (χ1) is 22.2. The van der Waals surface area contributed by atoms with Crippen LogP contribution in [-0.2, 0) is 36.7 Å². The van der Waals surface area contributed by atoms with Crippen molar-refractivity contribution in [1.82, 2.24) is 34.1 Å². The van der Waals surface area contributed by atoms with Crippen molar-refractivity contribution in [2.24, 2.45) is 0 Å². The third-order valence-corrected chi connectivity index (χ3v) is 9.57. The van der Waals surface area contributed by atoms with Crippen LogP contribution in [0.1, 0.15) is 12.5 Å².